The first kappa shape index (κ1) is 17.4. The SMILES string of the molecule is COCCOCCNC(=O)C[C@@H](CN)CC(C)C. The van der Waals surface area contributed by atoms with Gasteiger partial charge in [0, 0.05) is 20.1 Å². The lowest BCUT2D eigenvalue weighted by Crippen LogP contribution is -2.31. The number of nitrogens with one attached hydrogen (secondary N) is 1. The van der Waals surface area contributed by atoms with Gasteiger partial charge < -0.3 is 20.5 Å². The molecule has 1 amide bonds. The van der Waals surface area contributed by atoms with E-state index in [1.807, 2.05) is 0 Å². The van der Waals surface area contributed by atoms with Crippen LogP contribution in [0.25, 0.3) is 0 Å². The van der Waals surface area contributed by atoms with Gasteiger partial charge in [0.05, 0.1) is 19.8 Å². The van der Waals surface area contributed by atoms with E-state index in [9.17, 15) is 4.79 Å². The highest BCUT2D eigenvalue weighted by molar-refractivity contribution is 5.76. The molecule has 0 aliphatic carbocycles. The van der Waals surface area contributed by atoms with E-state index in [0.717, 1.165) is 6.42 Å². The lowest BCUT2D eigenvalue weighted by molar-refractivity contribution is -0.122. The highest BCUT2D eigenvalue weighted by Crippen LogP contribution is 2.13. The second kappa shape index (κ2) is 11.4. The quantitative estimate of drug-likeness (QED) is 0.538. The van der Waals surface area contributed by atoms with E-state index in [-0.39, 0.29) is 11.8 Å². The first-order valence-electron chi connectivity index (χ1n) is 6.63. The summed E-state index contributed by atoms with van der Waals surface area (Å²) in [6.07, 6.45) is 1.50. The van der Waals surface area contributed by atoms with Crippen molar-refractivity contribution in [1.82, 2.24) is 5.32 Å². The van der Waals surface area contributed by atoms with Crippen LogP contribution in [0.1, 0.15) is 26.7 Å². The largest absolute Gasteiger partial charge is 0.382 e. The lowest BCUT2D eigenvalue weighted by Gasteiger charge is -2.16. The monoisotopic (exact) mass is 260 g/mol. The number of carbonyl (C=O) groups excluding carboxylic acids is 1. The van der Waals surface area contributed by atoms with Crippen LogP contribution in [0.5, 0.6) is 0 Å². The molecule has 0 aromatic heterocycles. The van der Waals surface area contributed by atoms with Crippen molar-refractivity contribution in [3.8, 4) is 0 Å². The molecule has 0 bridgehead atoms. The maximum Gasteiger partial charge on any atom is 0.220 e. The van der Waals surface area contributed by atoms with Crippen LogP contribution in [-0.4, -0.2) is 45.9 Å². The van der Waals surface area contributed by atoms with Crippen LogP contribution in [0.4, 0.5) is 0 Å². The van der Waals surface area contributed by atoms with E-state index >= 15 is 0 Å². The third-order valence-corrected chi connectivity index (χ3v) is 2.61. The molecule has 3 N–H and O–H groups in total. The van der Waals surface area contributed by atoms with E-state index in [0.29, 0.717) is 45.2 Å². The van der Waals surface area contributed by atoms with E-state index in [1.54, 1.807) is 7.11 Å². The summed E-state index contributed by atoms with van der Waals surface area (Å²) >= 11 is 0. The topological polar surface area (TPSA) is 73.6 Å². The fourth-order valence-electron chi connectivity index (χ4n) is 1.77. The van der Waals surface area contributed by atoms with Crippen LogP contribution in [0.15, 0.2) is 0 Å². The average molecular weight is 260 g/mol. The molecule has 0 radical (unpaired) electrons. The fraction of sp³-hybridized carbons (Fsp3) is 0.923. The van der Waals surface area contributed by atoms with Crippen LogP contribution in [0, 0.1) is 11.8 Å². The number of rotatable bonds is 11. The number of ether oxygens (including phenoxy) is 2. The van der Waals surface area contributed by atoms with Gasteiger partial charge in [0.2, 0.25) is 5.91 Å². The summed E-state index contributed by atoms with van der Waals surface area (Å²) in [5, 5.41) is 2.84. The minimum absolute atomic E-state index is 0.0569. The molecule has 0 heterocycles. The summed E-state index contributed by atoms with van der Waals surface area (Å²) in [6.45, 7) is 7.06. The van der Waals surface area contributed by atoms with Gasteiger partial charge in [-0.25, -0.2) is 0 Å². The molecular formula is C13H28N2O3. The summed E-state index contributed by atoms with van der Waals surface area (Å²) in [5.74, 6) is 0.907. The van der Waals surface area contributed by atoms with Crippen molar-refractivity contribution in [3.05, 3.63) is 0 Å². The van der Waals surface area contributed by atoms with Crippen molar-refractivity contribution in [2.24, 2.45) is 17.6 Å². The van der Waals surface area contributed by atoms with Gasteiger partial charge in [0.25, 0.3) is 0 Å². The Bertz CT molecular complexity index is 210. The molecule has 18 heavy (non-hydrogen) atoms. The normalized spacial score (nSPS) is 12.7. The van der Waals surface area contributed by atoms with Crippen LogP contribution in [0.3, 0.4) is 0 Å². The minimum Gasteiger partial charge on any atom is -0.382 e. The van der Waals surface area contributed by atoms with Gasteiger partial charge in [-0.2, -0.15) is 0 Å². The molecule has 108 valence electrons. The number of nitrogens with two attached hydrogens (primary N) is 1. The Kier molecular flexibility index (Phi) is 11.0. The zero-order chi connectivity index (χ0) is 13.8. The van der Waals surface area contributed by atoms with E-state index in [2.05, 4.69) is 19.2 Å². The van der Waals surface area contributed by atoms with Crippen molar-refractivity contribution in [2.75, 3.05) is 40.0 Å². The molecule has 5 heteroatoms. The van der Waals surface area contributed by atoms with Crippen molar-refractivity contribution in [3.63, 3.8) is 0 Å². The van der Waals surface area contributed by atoms with Gasteiger partial charge in [-0.05, 0) is 24.8 Å². The van der Waals surface area contributed by atoms with Gasteiger partial charge in [-0.15, -0.1) is 0 Å². The number of methoxy groups -OCH3 is 1. The predicted octanol–water partition coefficient (Wildman–Crippen LogP) is 0.777. The predicted molar refractivity (Wildman–Crippen MR) is 72.3 cm³/mol. The third kappa shape index (κ3) is 10.5. The zero-order valence-electron chi connectivity index (χ0n) is 11.9. The van der Waals surface area contributed by atoms with Crippen LogP contribution >= 0.6 is 0 Å². The molecule has 0 aromatic rings. The van der Waals surface area contributed by atoms with Crippen LogP contribution < -0.4 is 11.1 Å². The van der Waals surface area contributed by atoms with Crippen molar-refractivity contribution in [1.29, 1.82) is 0 Å². The molecule has 0 saturated heterocycles. The molecular weight excluding hydrogens is 232 g/mol. The van der Waals surface area contributed by atoms with Crippen molar-refractivity contribution < 1.29 is 14.3 Å². The molecule has 0 rings (SSSR count). The Labute approximate surface area is 110 Å². The van der Waals surface area contributed by atoms with Crippen molar-refractivity contribution in [2.45, 2.75) is 26.7 Å². The highest BCUT2D eigenvalue weighted by Gasteiger charge is 2.13. The van der Waals surface area contributed by atoms with Gasteiger partial charge >= 0.3 is 0 Å². The van der Waals surface area contributed by atoms with Gasteiger partial charge in [0.1, 0.15) is 0 Å². The number of hydrogen-bond acceptors (Lipinski definition) is 4. The average Bonchev–Trinajstić information content (AvgIpc) is 2.32. The number of amides is 1. The van der Waals surface area contributed by atoms with Gasteiger partial charge in [0.15, 0.2) is 0 Å². The first-order chi connectivity index (χ1) is 8.60. The maximum absolute atomic E-state index is 11.6. The first-order valence-corrected chi connectivity index (χ1v) is 6.63. The number of carbonyl (C=O) groups is 1. The lowest BCUT2D eigenvalue weighted by atomic mass is 9.94. The minimum atomic E-state index is 0.0569. The smallest absolute Gasteiger partial charge is 0.220 e. The molecule has 0 spiro atoms. The Balaban J connectivity index is 3.56. The molecule has 5 nitrogen and oxygen atoms in total. The maximum atomic E-state index is 11.6. The number of hydrogen-bond donors (Lipinski definition) is 2. The summed E-state index contributed by atoms with van der Waals surface area (Å²) in [4.78, 5) is 11.6. The Morgan fingerprint density at radius 3 is 2.56 bits per heavy atom. The molecule has 1 atom stereocenters. The fourth-order valence-corrected chi connectivity index (χ4v) is 1.77. The molecule has 0 aliphatic heterocycles. The van der Waals surface area contributed by atoms with Crippen molar-refractivity contribution >= 4 is 5.91 Å². The Morgan fingerprint density at radius 2 is 2.00 bits per heavy atom. The van der Waals surface area contributed by atoms with E-state index < -0.39 is 0 Å². The second-order valence-electron chi connectivity index (χ2n) is 4.89. The third-order valence-electron chi connectivity index (χ3n) is 2.61. The van der Waals surface area contributed by atoms with Gasteiger partial charge in [-0.1, -0.05) is 13.8 Å². The molecule has 0 aliphatic rings. The van der Waals surface area contributed by atoms with E-state index in [1.165, 1.54) is 0 Å². The van der Waals surface area contributed by atoms with E-state index in [4.69, 9.17) is 15.2 Å². The Morgan fingerprint density at radius 1 is 1.28 bits per heavy atom. The highest BCUT2D eigenvalue weighted by atomic mass is 16.5. The standard InChI is InChI=1S/C13H28N2O3/c1-11(2)8-12(10-14)9-13(16)15-4-5-18-7-6-17-3/h11-12H,4-10,14H2,1-3H3,(H,15,16)/t12-/m0/s1. The molecule has 0 aromatic carbocycles. The summed E-state index contributed by atoms with van der Waals surface area (Å²) in [7, 11) is 1.63. The summed E-state index contributed by atoms with van der Waals surface area (Å²) < 4.78 is 10.1. The zero-order valence-corrected chi connectivity index (χ0v) is 11.9. The molecule has 0 saturated carbocycles. The molecule has 0 unspecified atom stereocenters. The molecule has 0 fully saturated rings. The summed E-state index contributed by atoms with van der Waals surface area (Å²) in [6, 6.07) is 0. The van der Waals surface area contributed by atoms with Crippen LogP contribution in [0.2, 0.25) is 0 Å². The summed E-state index contributed by atoms with van der Waals surface area (Å²) in [5.41, 5.74) is 5.66. The van der Waals surface area contributed by atoms with Crippen LogP contribution in [-0.2, 0) is 14.3 Å². The van der Waals surface area contributed by atoms with Gasteiger partial charge in [-0.3, -0.25) is 4.79 Å². The second-order valence-corrected chi connectivity index (χ2v) is 4.89. The Hall–Kier alpha value is -0.650.